The highest BCUT2D eigenvalue weighted by Crippen LogP contribution is 2.46. The van der Waals surface area contributed by atoms with E-state index in [1.165, 1.54) is 0 Å². The van der Waals surface area contributed by atoms with Crippen LogP contribution in [0.4, 0.5) is 0 Å². The lowest BCUT2D eigenvalue weighted by atomic mass is 10.1. The molecule has 1 heterocycles. The fraction of sp³-hybridized carbons (Fsp3) is 0.538. The molecule has 5 nitrogen and oxygen atoms in total. The largest absolute Gasteiger partial charge is 0.477 e. The van der Waals surface area contributed by atoms with Crippen molar-refractivity contribution in [2.75, 3.05) is 12.8 Å². The summed E-state index contributed by atoms with van der Waals surface area (Å²) in [4.78, 5) is 26.0. The first kappa shape index (κ1) is 14.0. The molecule has 0 saturated heterocycles. The lowest BCUT2D eigenvalue weighted by Crippen LogP contribution is -2.32. The molecule has 0 spiro atoms. The molecule has 19 heavy (non-hydrogen) atoms. The van der Waals surface area contributed by atoms with Gasteiger partial charge in [0.05, 0.1) is 5.56 Å². The van der Waals surface area contributed by atoms with E-state index in [-0.39, 0.29) is 16.3 Å². The summed E-state index contributed by atoms with van der Waals surface area (Å²) in [7, 11) is 0. The Morgan fingerprint density at radius 2 is 2.05 bits per heavy atom. The van der Waals surface area contributed by atoms with Crippen molar-refractivity contribution in [3.8, 4) is 0 Å². The van der Waals surface area contributed by atoms with Crippen LogP contribution in [0.2, 0.25) is 0 Å². The Bertz CT molecular complexity index is 532. The average molecular weight is 282 g/mol. The van der Waals surface area contributed by atoms with E-state index in [4.69, 9.17) is 5.11 Å². The molecule has 1 aromatic rings. The van der Waals surface area contributed by atoms with Crippen LogP contribution in [0.5, 0.6) is 0 Å². The Labute approximate surface area is 116 Å². The van der Waals surface area contributed by atoms with Crippen LogP contribution in [0, 0.1) is 13.8 Å². The number of nitrogens with one attached hydrogen (secondary N) is 2. The average Bonchev–Trinajstić information content (AvgIpc) is 3.07. The molecular weight excluding hydrogens is 264 g/mol. The van der Waals surface area contributed by atoms with E-state index in [1.54, 1.807) is 25.6 Å². The number of aromatic nitrogens is 1. The lowest BCUT2D eigenvalue weighted by molar-refractivity contribution is 0.0690. The minimum Gasteiger partial charge on any atom is -0.477 e. The molecule has 0 atom stereocenters. The van der Waals surface area contributed by atoms with Crippen LogP contribution in [0.3, 0.4) is 0 Å². The van der Waals surface area contributed by atoms with Gasteiger partial charge in [-0.25, -0.2) is 4.79 Å². The zero-order valence-corrected chi connectivity index (χ0v) is 12.1. The Balaban J connectivity index is 2.13. The van der Waals surface area contributed by atoms with Gasteiger partial charge in [-0.05, 0) is 38.5 Å². The van der Waals surface area contributed by atoms with Crippen molar-refractivity contribution in [3.05, 3.63) is 22.5 Å². The summed E-state index contributed by atoms with van der Waals surface area (Å²) < 4.78 is 0.198. The Morgan fingerprint density at radius 1 is 1.42 bits per heavy atom. The zero-order valence-electron chi connectivity index (χ0n) is 11.3. The van der Waals surface area contributed by atoms with E-state index >= 15 is 0 Å². The van der Waals surface area contributed by atoms with E-state index < -0.39 is 5.97 Å². The maximum absolute atomic E-state index is 12.2. The van der Waals surface area contributed by atoms with Gasteiger partial charge in [0.25, 0.3) is 5.91 Å². The molecule has 3 N–H and O–H groups in total. The molecule has 1 aliphatic carbocycles. The number of amides is 1. The monoisotopic (exact) mass is 282 g/mol. The molecule has 1 fully saturated rings. The van der Waals surface area contributed by atoms with Crippen LogP contribution in [-0.2, 0) is 0 Å². The maximum atomic E-state index is 12.2. The highest BCUT2D eigenvalue weighted by Gasteiger charge is 2.42. The minimum absolute atomic E-state index is 0.0913. The number of H-pyrrole nitrogens is 1. The zero-order chi connectivity index (χ0) is 14.2. The number of aryl methyl sites for hydroxylation is 1. The van der Waals surface area contributed by atoms with Gasteiger partial charge in [0.15, 0.2) is 0 Å². The number of carbonyl (C=O) groups is 2. The molecule has 6 heteroatoms. The normalized spacial score (nSPS) is 16.2. The first-order valence-corrected chi connectivity index (χ1v) is 7.38. The smallest absolute Gasteiger partial charge is 0.352 e. The highest BCUT2D eigenvalue weighted by molar-refractivity contribution is 8.00. The molecule has 104 valence electrons. The second-order valence-corrected chi connectivity index (χ2v) is 6.27. The first-order chi connectivity index (χ1) is 8.90. The molecule has 0 bridgehead atoms. The van der Waals surface area contributed by atoms with E-state index in [2.05, 4.69) is 16.6 Å². The van der Waals surface area contributed by atoms with Gasteiger partial charge in [-0.15, -0.1) is 0 Å². The lowest BCUT2D eigenvalue weighted by Gasteiger charge is -2.13. The van der Waals surface area contributed by atoms with E-state index in [0.717, 1.165) is 12.8 Å². The van der Waals surface area contributed by atoms with Gasteiger partial charge in [0.1, 0.15) is 5.69 Å². The molecule has 0 aromatic carbocycles. The summed E-state index contributed by atoms with van der Waals surface area (Å²) in [5, 5.41) is 11.9. The SMILES string of the molecule is CSC1(CNC(=O)c2c(C)[nH]c(C(=O)O)c2C)CC1. The van der Waals surface area contributed by atoms with Crippen molar-refractivity contribution >= 4 is 23.6 Å². The van der Waals surface area contributed by atoms with Gasteiger partial charge in [-0.1, -0.05) is 0 Å². The summed E-state index contributed by atoms with van der Waals surface area (Å²) in [6.45, 7) is 4.01. The third-order valence-electron chi connectivity index (χ3n) is 3.69. The number of thioether (sulfide) groups is 1. The van der Waals surface area contributed by atoms with E-state index in [1.807, 2.05) is 0 Å². The number of rotatable bonds is 5. The van der Waals surface area contributed by atoms with Gasteiger partial charge in [-0.2, -0.15) is 11.8 Å². The minimum atomic E-state index is -1.04. The Kier molecular flexibility index (Phi) is 3.62. The molecule has 2 rings (SSSR count). The molecule has 1 aliphatic rings. The number of hydrogen-bond acceptors (Lipinski definition) is 3. The highest BCUT2D eigenvalue weighted by atomic mass is 32.2. The fourth-order valence-electron chi connectivity index (χ4n) is 2.23. The first-order valence-electron chi connectivity index (χ1n) is 6.16. The number of aromatic carboxylic acids is 1. The van der Waals surface area contributed by atoms with Gasteiger partial charge >= 0.3 is 5.97 Å². The van der Waals surface area contributed by atoms with Crippen LogP contribution in [-0.4, -0.2) is 39.5 Å². The van der Waals surface area contributed by atoms with Gasteiger partial charge in [0.2, 0.25) is 0 Å². The topological polar surface area (TPSA) is 82.2 Å². The third-order valence-corrected chi connectivity index (χ3v) is 5.11. The second-order valence-electron chi connectivity index (χ2n) is 5.00. The molecule has 1 saturated carbocycles. The van der Waals surface area contributed by atoms with E-state index in [9.17, 15) is 9.59 Å². The van der Waals surface area contributed by atoms with Crippen molar-refractivity contribution in [2.24, 2.45) is 0 Å². The quantitative estimate of drug-likeness (QED) is 0.771. The van der Waals surface area contributed by atoms with E-state index in [0.29, 0.717) is 23.4 Å². The number of aromatic amines is 1. The van der Waals surface area contributed by atoms with Crippen molar-refractivity contribution in [1.29, 1.82) is 0 Å². The van der Waals surface area contributed by atoms with Crippen LogP contribution in [0.15, 0.2) is 0 Å². The Hall–Kier alpha value is -1.43. The van der Waals surface area contributed by atoms with Crippen LogP contribution >= 0.6 is 11.8 Å². The predicted molar refractivity (Wildman–Crippen MR) is 75.0 cm³/mol. The summed E-state index contributed by atoms with van der Waals surface area (Å²) in [5.74, 6) is -1.23. The fourth-order valence-corrected chi connectivity index (χ4v) is 2.95. The second kappa shape index (κ2) is 4.92. The predicted octanol–water partition coefficient (Wildman–Crippen LogP) is 1.96. The molecule has 0 unspecified atom stereocenters. The summed E-state index contributed by atoms with van der Waals surface area (Å²) in [6.07, 6.45) is 4.30. The number of carboxylic acid groups (broad SMARTS) is 1. The Morgan fingerprint density at radius 3 is 2.47 bits per heavy atom. The van der Waals surface area contributed by atoms with Crippen molar-refractivity contribution in [2.45, 2.75) is 31.4 Å². The number of carboxylic acids is 1. The van der Waals surface area contributed by atoms with Crippen LogP contribution in [0.1, 0.15) is 44.9 Å². The maximum Gasteiger partial charge on any atom is 0.352 e. The number of hydrogen-bond donors (Lipinski definition) is 3. The molecule has 0 radical (unpaired) electrons. The van der Waals surface area contributed by atoms with Gasteiger partial charge in [-0.3, -0.25) is 4.79 Å². The van der Waals surface area contributed by atoms with Gasteiger partial charge in [0, 0.05) is 17.0 Å². The van der Waals surface area contributed by atoms with Crippen LogP contribution in [0.25, 0.3) is 0 Å². The molecule has 0 aliphatic heterocycles. The summed E-state index contributed by atoms with van der Waals surface area (Å²) in [5.41, 5.74) is 1.64. The van der Waals surface area contributed by atoms with Crippen molar-refractivity contribution in [3.63, 3.8) is 0 Å². The summed E-state index contributed by atoms with van der Waals surface area (Å²) >= 11 is 1.78. The van der Waals surface area contributed by atoms with Crippen LogP contribution < -0.4 is 5.32 Å². The summed E-state index contributed by atoms with van der Waals surface area (Å²) in [6, 6.07) is 0. The molecular formula is C13H18N2O3S. The number of carbonyl (C=O) groups excluding carboxylic acids is 1. The third kappa shape index (κ3) is 2.63. The van der Waals surface area contributed by atoms with Crippen molar-refractivity contribution < 1.29 is 14.7 Å². The van der Waals surface area contributed by atoms with Gasteiger partial charge < -0.3 is 15.4 Å². The van der Waals surface area contributed by atoms with Crippen molar-refractivity contribution in [1.82, 2.24) is 10.3 Å². The standard InChI is InChI=1S/C13H18N2O3S/c1-7-9(8(2)15-10(7)12(17)18)11(16)14-6-13(19-3)4-5-13/h15H,4-6H2,1-3H3,(H,14,16)(H,17,18). The molecule has 1 amide bonds. The molecule has 1 aromatic heterocycles.